The lowest BCUT2D eigenvalue weighted by molar-refractivity contribution is -0.127. The summed E-state index contributed by atoms with van der Waals surface area (Å²) in [5.41, 5.74) is 7.08. The zero-order chi connectivity index (χ0) is 14.7. The number of thioether (sulfide) groups is 1. The van der Waals surface area contributed by atoms with Crippen LogP contribution in [0.2, 0.25) is 0 Å². The van der Waals surface area contributed by atoms with E-state index in [1.807, 2.05) is 37.3 Å². The summed E-state index contributed by atoms with van der Waals surface area (Å²) in [6.07, 6.45) is 0.713. The number of hydrogen-bond donors (Lipinski definition) is 1. The lowest BCUT2D eigenvalue weighted by Gasteiger charge is -2.12. The third-order valence-electron chi connectivity index (χ3n) is 2.91. The highest BCUT2D eigenvalue weighted by atomic mass is 32.2. The fourth-order valence-electron chi connectivity index (χ4n) is 2.01. The standard InChI is InChI=1S/C14H14N2O2S2/c1-2-10(9-6-4-3-5-7-9)12-13(18)16(8-11(15)17)14(19)20-12/h3-7H,2,8H2,1H3,(H2,15,17)/b12-10+. The first-order valence-corrected chi connectivity index (χ1v) is 7.37. The molecule has 0 saturated carbocycles. The summed E-state index contributed by atoms with van der Waals surface area (Å²) in [5.74, 6) is -0.806. The maximum absolute atomic E-state index is 12.4. The molecule has 1 fully saturated rings. The Morgan fingerprint density at radius 2 is 2.00 bits per heavy atom. The van der Waals surface area contributed by atoms with Crippen LogP contribution in [0.5, 0.6) is 0 Å². The zero-order valence-corrected chi connectivity index (χ0v) is 12.6. The van der Waals surface area contributed by atoms with Crippen molar-refractivity contribution in [2.45, 2.75) is 13.3 Å². The summed E-state index contributed by atoms with van der Waals surface area (Å²) in [5, 5.41) is 0. The molecule has 1 heterocycles. The molecular formula is C14H14N2O2S2. The lowest BCUT2D eigenvalue weighted by Crippen LogP contribution is -2.36. The monoisotopic (exact) mass is 306 g/mol. The molecule has 20 heavy (non-hydrogen) atoms. The van der Waals surface area contributed by atoms with Gasteiger partial charge in [0.1, 0.15) is 10.9 Å². The molecule has 1 aromatic carbocycles. The SMILES string of the molecule is CC/C(=C1\SC(=S)N(CC(N)=O)C1=O)c1ccccc1. The highest BCUT2D eigenvalue weighted by Crippen LogP contribution is 2.37. The van der Waals surface area contributed by atoms with Crippen LogP contribution >= 0.6 is 24.0 Å². The summed E-state index contributed by atoms with van der Waals surface area (Å²) in [6, 6.07) is 9.69. The van der Waals surface area contributed by atoms with Crippen LogP contribution in [0.3, 0.4) is 0 Å². The molecule has 4 nitrogen and oxygen atoms in total. The molecule has 104 valence electrons. The number of hydrogen-bond acceptors (Lipinski definition) is 4. The Hall–Kier alpha value is -1.66. The molecule has 1 aromatic rings. The maximum atomic E-state index is 12.4. The maximum Gasteiger partial charge on any atom is 0.266 e. The zero-order valence-electron chi connectivity index (χ0n) is 11.0. The second-order valence-corrected chi connectivity index (χ2v) is 5.90. The third kappa shape index (κ3) is 2.91. The van der Waals surface area contributed by atoms with Crippen molar-refractivity contribution < 1.29 is 9.59 Å². The average molecular weight is 306 g/mol. The van der Waals surface area contributed by atoms with Crippen molar-refractivity contribution >= 4 is 45.7 Å². The second kappa shape index (κ2) is 6.19. The van der Waals surface area contributed by atoms with Gasteiger partial charge in [-0.2, -0.15) is 0 Å². The Kier molecular flexibility index (Phi) is 4.57. The first-order chi connectivity index (χ1) is 9.54. The molecule has 2 rings (SSSR count). The Balaban J connectivity index is 2.41. The average Bonchev–Trinajstić information content (AvgIpc) is 2.69. The minimum absolute atomic E-state index is 0.167. The Morgan fingerprint density at radius 1 is 1.35 bits per heavy atom. The van der Waals surface area contributed by atoms with Gasteiger partial charge >= 0.3 is 0 Å². The molecular weight excluding hydrogens is 292 g/mol. The topological polar surface area (TPSA) is 63.4 Å². The number of benzene rings is 1. The van der Waals surface area contributed by atoms with Gasteiger partial charge < -0.3 is 5.73 Å². The van der Waals surface area contributed by atoms with Crippen LogP contribution in [-0.4, -0.2) is 27.6 Å². The normalized spacial score (nSPS) is 17.6. The van der Waals surface area contributed by atoms with E-state index < -0.39 is 5.91 Å². The van der Waals surface area contributed by atoms with Gasteiger partial charge in [-0.15, -0.1) is 0 Å². The molecule has 0 spiro atoms. The fourth-order valence-corrected chi connectivity index (χ4v) is 3.42. The van der Waals surface area contributed by atoms with Gasteiger partial charge in [-0.25, -0.2) is 0 Å². The van der Waals surface area contributed by atoms with Crippen LogP contribution in [0.25, 0.3) is 5.57 Å². The predicted molar refractivity (Wildman–Crippen MR) is 84.7 cm³/mol. The number of carbonyl (C=O) groups excluding carboxylic acids is 2. The van der Waals surface area contributed by atoms with Gasteiger partial charge in [0.05, 0.1) is 4.91 Å². The minimum Gasteiger partial charge on any atom is -0.368 e. The van der Waals surface area contributed by atoms with Crippen LogP contribution in [0.15, 0.2) is 35.2 Å². The van der Waals surface area contributed by atoms with Crippen molar-refractivity contribution in [1.82, 2.24) is 4.90 Å². The fraction of sp³-hybridized carbons (Fsp3) is 0.214. The molecule has 0 bridgehead atoms. The Bertz CT molecular complexity index is 596. The minimum atomic E-state index is -0.569. The van der Waals surface area contributed by atoms with E-state index in [-0.39, 0.29) is 12.5 Å². The first kappa shape index (κ1) is 14.7. The number of amides is 2. The van der Waals surface area contributed by atoms with Gasteiger partial charge in [-0.1, -0.05) is 61.2 Å². The molecule has 1 aliphatic heterocycles. The third-order valence-corrected chi connectivity index (χ3v) is 4.40. The number of allylic oxidation sites excluding steroid dienone is 1. The van der Waals surface area contributed by atoms with Crippen LogP contribution in [0.1, 0.15) is 18.9 Å². The quantitative estimate of drug-likeness (QED) is 0.684. The van der Waals surface area contributed by atoms with Gasteiger partial charge in [-0.05, 0) is 17.6 Å². The number of nitrogens with two attached hydrogens (primary N) is 1. The van der Waals surface area contributed by atoms with E-state index in [9.17, 15) is 9.59 Å². The summed E-state index contributed by atoms with van der Waals surface area (Å²) in [6.45, 7) is 1.82. The van der Waals surface area contributed by atoms with Crippen LogP contribution in [0.4, 0.5) is 0 Å². The molecule has 0 atom stereocenters. The largest absolute Gasteiger partial charge is 0.368 e. The highest BCUT2D eigenvalue weighted by Gasteiger charge is 2.34. The van der Waals surface area contributed by atoms with Crippen molar-refractivity contribution in [3.05, 3.63) is 40.8 Å². The van der Waals surface area contributed by atoms with Crippen LogP contribution < -0.4 is 5.73 Å². The van der Waals surface area contributed by atoms with E-state index in [1.165, 1.54) is 16.7 Å². The number of nitrogens with zero attached hydrogens (tertiary/aromatic N) is 1. The Morgan fingerprint density at radius 3 is 2.55 bits per heavy atom. The van der Waals surface area contributed by atoms with Gasteiger partial charge in [0, 0.05) is 0 Å². The van der Waals surface area contributed by atoms with Crippen molar-refractivity contribution in [1.29, 1.82) is 0 Å². The summed E-state index contributed by atoms with van der Waals surface area (Å²) in [4.78, 5) is 25.2. The second-order valence-electron chi connectivity index (χ2n) is 4.25. The number of thiocarbonyl (C=S) groups is 1. The molecule has 0 radical (unpaired) electrons. The van der Waals surface area contributed by atoms with Crippen molar-refractivity contribution in [3.63, 3.8) is 0 Å². The summed E-state index contributed by atoms with van der Waals surface area (Å²) >= 11 is 6.39. The van der Waals surface area contributed by atoms with Crippen molar-refractivity contribution in [3.8, 4) is 0 Å². The van der Waals surface area contributed by atoms with Crippen LogP contribution in [0, 0.1) is 0 Å². The molecule has 1 aliphatic rings. The molecule has 0 unspecified atom stereocenters. The van der Waals surface area contributed by atoms with Crippen molar-refractivity contribution in [2.24, 2.45) is 5.73 Å². The molecule has 2 N–H and O–H groups in total. The number of primary amides is 1. The highest BCUT2D eigenvalue weighted by molar-refractivity contribution is 8.26. The predicted octanol–water partition coefficient (Wildman–Crippen LogP) is 2.15. The van der Waals surface area contributed by atoms with Gasteiger partial charge in [-0.3, -0.25) is 14.5 Å². The molecule has 0 aromatic heterocycles. The Labute approximate surface area is 127 Å². The van der Waals surface area contributed by atoms with Gasteiger partial charge in [0.2, 0.25) is 5.91 Å². The molecule has 0 aliphatic carbocycles. The van der Waals surface area contributed by atoms with Gasteiger partial charge in [0.15, 0.2) is 0 Å². The van der Waals surface area contributed by atoms with E-state index in [0.29, 0.717) is 15.6 Å². The smallest absolute Gasteiger partial charge is 0.266 e. The van der Waals surface area contributed by atoms with Crippen molar-refractivity contribution in [2.75, 3.05) is 6.54 Å². The first-order valence-electron chi connectivity index (χ1n) is 6.15. The molecule has 2 amide bonds. The van der Waals surface area contributed by atoms with E-state index in [2.05, 4.69) is 0 Å². The summed E-state index contributed by atoms with van der Waals surface area (Å²) < 4.78 is 0.380. The van der Waals surface area contributed by atoms with E-state index in [0.717, 1.165) is 11.1 Å². The van der Waals surface area contributed by atoms with Crippen LogP contribution in [-0.2, 0) is 9.59 Å². The summed E-state index contributed by atoms with van der Waals surface area (Å²) in [7, 11) is 0. The molecule has 1 saturated heterocycles. The number of rotatable bonds is 4. The van der Waals surface area contributed by atoms with E-state index in [1.54, 1.807) is 0 Å². The van der Waals surface area contributed by atoms with Gasteiger partial charge in [0.25, 0.3) is 5.91 Å². The van der Waals surface area contributed by atoms with E-state index in [4.69, 9.17) is 18.0 Å². The lowest BCUT2D eigenvalue weighted by atomic mass is 10.0. The number of carbonyl (C=O) groups is 2. The molecule has 6 heteroatoms. The van der Waals surface area contributed by atoms with E-state index >= 15 is 0 Å².